The molecule has 0 saturated carbocycles. The largest absolute Gasteiger partial charge is 0.477 e. The van der Waals surface area contributed by atoms with Crippen molar-refractivity contribution in [3.05, 3.63) is 23.2 Å². The molecule has 0 aliphatic carbocycles. The van der Waals surface area contributed by atoms with E-state index in [9.17, 15) is 4.79 Å². The lowest BCUT2D eigenvalue weighted by atomic mass is 10.4. The first-order valence-electron chi connectivity index (χ1n) is 4.09. The molecule has 1 N–H and O–H groups in total. The summed E-state index contributed by atoms with van der Waals surface area (Å²) in [6, 6.07) is 0. The number of hydrogen-bond acceptors (Lipinski definition) is 4. The third-order valence-electron chi connectivity index (χ3n) is 1.52. The quantitative estimate of drug-likeness (QED) is 0.479. The molecule has 1 heterocycles. The van der Waals surface area contributed by atoms with Crippen molar-refractivity contribution in [2.45, 2.75) is 17.7 Å². The number of allylic oxidation sites excluding steroid dienone is 1. The van der Waals surface area contributed by atoms with Gasteiger partial charge in [-0.1, -0.05) is 17.8 Å². The van der Waals surface area contributed by atoms with E-state index in [0.29, 0.717) is 10.6 Å². The number of carboxylic acid groups (broad SMARTS) is 1. The van der Waals surface area contributed by atoms with E-state index in [0.717, 1.165) is 16.5 Å². The maximum absolute atomic E-state index is 10.7. The lowest BCUT2D eigenvalue weighted by molar-refractivity contribution is 0.0701. The second-order valence-electron chi connectivity index (χ2n) is 2.63. The fourth-order valence-corrected chi connectivity index (χ4v) is 2.90. The number of thioether (sulfide) groups is 1. The predicted octanol–water partition coefficient (Wildman–Crippen LogP) is 2.82. The fraction of sp³-hybridized carbons (Fsp3) is 0.333. The van der Waals surface area contributed by atoms with Crippen molar-refractivity contribution in [2.24, 2.45) is 0 Å². The smallest absolute Gasteiger partial charge is 0.347 e. The van der Waals surface area contributed by atoms with Crippen LogP contribution in [0.2, 0.25) is 0 Å². The summed E-state index contributed by atoms with van der Waals surface area (Å²) in [5, 5.41) is 8.80. The Morgan fingerprint density at radius 1 is 1.79 bits per heavy atom. The highest BCUT2D eigenvalue weighted by atomic mass is 32.2. The molecule has 0 bridgehead atoms. The molecule has 5 heteroatoms. The lowest BCUT2D eigenvalue weighted by Gasteiger charge is -1.90. The van der Waals surface area contributed by atoms with E-state index in [-0.39, 0.29) is 0 Å². The minimum atomic E-state index is -0.893. The zero-order chi connectivity index (χ0) is 10.6. The normalized spacial score (nSPS) is 10.1. The number of carboxylic acids is 1. The minimum absolute atomic E-state index is 0.339. The van der Waals surface area contributed by atoms with Crippen LogP contribution in [-0.2, 0) is 0 Å². The van der Waals surface area contributed by atoms with Crippen molar-refractivity contribution in [1.29, 1.82) is 0 Å². The molecule has 0 aromatic carbocycles. The number of thiazole rings is 1. The van der Waals surface area contributed by atoms with Crippen molar-refractivity contribution in [3.63, 3.8) is 0 Å². The molecule has 0 unspecified atom stereocenters. The summed E-state index contributed by atoms with van der Waals surface area (Å²) >= 11 is 2.81. The topological polar surface area (TPSA) is 50.2 Å². The summed E-state index contributed by atoms with van der Waals surface area (Å²) in [5.41, 5.74) is 0.601. The lowest BCUT2D eigenvalue weighted by Crippen LogP contribution is -1.94. The molecular formula is C9H11NO2S2. The Morgan fingerprint density at radius 3 is 3.00 bits per heavy atom. The summed E-state index contributed by atoms with van der Waals surface area (Å²) in [6.07, 6.45) is 2.75. The highest BCUT2D eigenvalue weighted by molar-refractivity contribution is 8.01. The van der Waals surface area contributed by atoms with Crippen LogP contribution >= 0.6 is 23.1 Å². The maximum Gasteiger partial charge on any atom is 0.347 e. The average Bonchev–Trinajstić information content (AvgIpc) is 2.47. The predicted molar refractivity (Wildman–Crippen MR) is 59.3 cm³/mol. The summed E-state index contributed by atoms with van der Waals surface area (Å²) in [6.45, 7) is 5.34. The van der Waals surface area contributed by atoms with E-state index in [1.54, 1.807) is 18.7 Å². The van der Waals surface area contributed by atoms with Gasteiger partial charge >= 0.3 is 5.97 Å². The van der Waals surface area contributed by atoms with Crippen molar-refractivity contribution in [2.75, 3.05) is 5.75 Å². The van der Waals surface area contributed by atoms with Crippen molar-refractivity contribution in [1.82, 2.24) is 4.98 Å². The molecule has 1 rings (SSSR count). The van der Waals surface area contributed by atoms with Crippen LogP contribution in [0.4, 0.5) is 0 Å². The third-order valence-corrected chi connectivity index (χ3v) is 3.84. The third kappa shape index (κ3) is 2.85. The molecule has 0 saturated heterocycles. The van der Waals surface area contributed by atoms with Crippen molar-refractivity contribution >= 4 is 29.1 Å². The Morgan fingerprint density at radius 2 is 2.50 bits per heavy atom. The number of rotatable bonds is 5. The van der Waals surface area contributed by atoms with Gasteiger partial charge in [0, 0.05) is 5.75 Å². The van der Waals surface area contributed by atoms with E-state index in [2.05, 4.69) is 11.6 Å². The van der Waals surface area contributed by atoms with E-state index >= 15 is 0 Å². The molecule has 14 heavy (non-hydrogen) atoms. The van der Waals surface area contributed by atoms with Crippen molar-refractivity contribution < 1.29 is 9.90 Å². The Hall–Kier alpha value is -0.810. The van der Waals surface area contributed by atoms with E-state index in [1.165, 1.54) is 11.3 Å². The molecular weight excluding hydrogens is 218 g/mol. The molecule has 0 fully saturated rings. The van der Waals surface area contributed by atoms with Gasteiger partial charge in [0.25, 0.3) is 0 Å². The summed E-state index contributed by atoms with van der Waals surface area (Å²) < 4.78 is 0.821. The highest BCUT2D eigenvalue weighted by Crippen LogP contribution is 2.27. The number of aromatic carboxylic acids is 1. The van der Waals surface area contributed by atoms with Crippen LogP contribution in [0.3, 0.4) is 0 Å². The van der Waals surface area contributed by atoms with Crippen LogP contribution in [0.15, 0.2) is 17.0 Å². The van der Waals surface area contributed by atoms with Crippen LogP contribution in [0.25, 0.3) is 0 Å². The zero-order valence-electron chi connectivity index (χ0n) is 7.82. The van der Waals surface area contributed by atoms with Crippen LogP contribution in [-0.4, -0.2) is 21.8 Å². The van der Waals surface area contributed by atoms with Gasteiger partial charge in [-0.25, -0.2) is 9.78 Å². The van der Waals surface area contributed by atoms with Crippen molar-refractivity contribution in [3.8, 4) is 0 Å². The van der Waals surface area contributed by atoms with Gasteiger partial charge in [0.2, 0.25) is 0 Å². The van der Waals surface area contributed by atoms with Gasteiger partial charge in [0.1, 0.15) is 4.88 Å². The Balaban J connectivity index is 2.66. The number of aromatic nitrogens is 1. The number of nitrogens with zero attached hydrogens (tertiary/aromatic N) is 1. The van der Waals surface area contributed by atoms with Gasteiger partial charge in [0.05, 0.1) is 5.69 Å². The Kier molecular flexibility index (Phi) is 4.16. The van der Waals surface area contributed by atoms with Crippen LogP contribution < -0.4 is 0 Å². The maximum atomic E-state index is 10.7. The standard InChI is InChI=1S/C9H11NO2S2/c1-3-4-5-13-9-10-6(2)7(14-9)8(11)12/h3H,1,4-5H2,2H3,(H,11,12). The van der Waals surface area contributed by atoms with Gasteiger partial charge in [0.15, 0.2) is 4.34 Å². The second kappa shape index (κ2) is 5.17. The number of aryl methyl sites for hydroxylation is 1. The van der Waals surface area contributed by atoms with Crippen LogP contribution in [0.1, 0.15) is 21.8 Å². The fourth-order valence-electron chi connectivity index (χ4n) is 0.861. The molecule has 0 amide bonds. The van der Waals surface area contributed by atoms with Crippen LogP contribution in [0, 0.1) is 6.92 Å². The molecule has 76 valence electrons. The molecule has 0 aliphatic rings. The van der Waals surface area contributed by atoms with Gasteiger partial charge in [-0.15, -0.1) is 17.9 Å². The number of hydrogen-bond donors (Lipinski definition) is 1. The van der Waals surface area contributed by atoms with E-state index in [4.69, 9.17) is 5.11 Å². The summed E-state index contributed by atoms with van der Waals surface area (Å²) in [4.78, 5) is 15.2. The average molecular weight is 229 g/mol. The molecule has 1 aromatic rings. The molecule has 0 atom stereocenters. The first-order valence-corrected chi connectivity index (χ1v) is 5.89. The van der Waals surface area contributed by atoms with Gasteiger partial charge < -0.3 is 5.11 Å². The summed E-state index contributed by atoms with van der Waals surface area (Å²) in [5.74, 6) is 0.00534. The molecule has 0 radical (unpaired) electrons. The zero-order valence-corrected chi connectivity index (χ0v) is 9.45. The van der Waals surface area contributed by atoms with Gasteiger partial charge in [-0.3, -0.25) is 0 Å². The first kappa shape index (κ1) is 11.3. The Labute approximate surface area is 90.9 Å². The van der Waals surface area contributed by atoms with Crippen LogP contribution in [0.5, 0.6) is 0 Å². The molecule has 1 aromatic heterocycles. The van der Waals surface area contributed by atoms with Gasteiger partial charge in [-0.05, 0) is 13.3 Å². The molecule has 0 spiro atoms. The van der Waals surface area contributed by atoms with E-state index < -0.39 is 5.97 Å². The molecule has 0 aliphatic heterocycles. The highest BCUT2D eigenvalue weighted by Gasteiger charge is 2.13. The monoisotopic (exact) mass is 229 g/mol. The second-order valence-corrected chi connectivity index (χ2v) is 4.97. The number of carbonyl (C=O) groups is 1. The van der Waals surface area contributed by atoms with E-state index in [1.807, 2.05) is 6.08 Å². The SMILES string of the molecule is C=CCCSc1nc(C)c(C(=O)O)s1. The summed E-state index contributed by atoms with van der Waals surface area (Å²) in [7, 11) is 0. The van der Waals surface area contributed by atoms with Gasteiger partial charge in [-0.2, -0.15) is 0 Å². The minimum Gasteiger partial charge on any atom is -0.477 e. The molecule has 3 nitrogen and oxygen atoms in total. The Bertz CT molecular complexity index is 347. The first-order chi connectivity index (χ1) is 6.65.